The van der Waals surface area contributed by atoms with Crippen molar-refractivity contribution in [2.75, 3.05) is 13.1 Å². The fraction of sp³-hybridized carbons (Fsp3) is 0.235. The third-order valence-electron chi connectivity index (χ3n) is 3.84. The first-order valence-corrected chi connectivity index (χ1v) is 8.97. The number of nitrogens with zero attached hydrogens (tertiary/aromatic N) is 1. The van der Waals surface area contributed by atoms with Gasteiger partial charge in [-0.05, 0) is 30.2 Å². The molecular formula is C17H18N2O3S. The zero-order valence-corrected chi connectivity index (χ0v) is 13.4. The second kappa shape index (κ2) is 6.52. The maximum absolute atomic E-state index is 12.4. The van der Waals surface area contributed by atoms with Gasteiger partial charge in [0.05, 0.1) is 4.90 Å². The molecule has 6 heteroatoms. The van der Waals surface area contributed by atoms with E-state index in [1.165, 1.54) is 12.1 Å². The zero-order chi connectivity index (χ0) is 16.3. The third-order valence-corrected chi connectivity index (χ3v) is 5.24. The monoisotopic (exact) mass is 330 g/mol. The molecule has 0 spiro atoms. The van der Waals surface area contributed by atoms with Crippen molar-refractivity contribution in [1.82, 2.24) is 9.62 Å². The number of benzene rings is 2. The van der Waals surface area contributed by atoms with Crippen LogP contribution < -0.4 is 4.72 Å². The average molecular weight is 330 g/mol. The smallest absolute Gasteiger partial charge is 0.253 e. The van der Waals surface area contributed by atoms with Gasteiger partial charge in [0, 0.05) is 25.2 Å². The fourth-order valence-electron chi connectivity index (χ4n) is 2.36. The Bertz CT molecular complexity index is 800. The van der Waals surface area contributed by atoms with E-state index in [4.69, 9.17) is 0 Å². The Hall–Kier alpha value is -2.18. The van der Waals surface area contributed by atoms with Gasteiger partial charge in [-0.3, -0.25) is 4.79 Å². The first-order valence-electron chi connectivity index (χ1n) is 7.49. The zero-order valence-electron chi connectivity index (χ0n) is 12.6. The van der Waals surface area contributed by atoms with Crippen LogP contribution in [-0.4, -0.2) is 32.3 Å². The molecule has 23 heavy (non-hydrogen) atoms. The van der Waals surface area contributed by atoms with Crippen LogP contribution in [0.2, 0.25) is 0 Å². The van der Waals surface area contributed by atoms with E-state index in [0.29, 0.717) is 5.56 Å². The van der Waals surface area contributed by atoms with Crippen LogP contribution in [0.1, 0.15) is 22.3 Å². The molecule has 1 fully saturated rings. The van der Waals surface area contributed by atoms with E-state index in [9.17, 15) is 13.2 Å². The molecule has 1 saturated heterocycles. The van der Waals surface area contributed by atoms with Gasteiger partial charge < -0.3 is 4.90 Å². The SMILES string of the molecule is O=C(c1cccc(S(=O)(=O)NCc2ccccc2)c1)N1CCC1. The van der Waals surface area contributed by atoms with Crippen molar-refractivity contribution in [3.05, 3.63) is 65.7 Å². The van der Waals surface area contributed by atoms with Crippen LogP contribution in [0, 0.1) is 0 Å². The molecular weight excluding hydrogens is 312 g/mol. The number of amides is 1. The first kappa shape index (κ1) is 15.7. The van der Waals surface area contributed by atoms with Crippen molar-refractivity contribution < 1.29 is 13.2 Å². The summed E-state index contributed by atoms with van der Waals surface area (Å²) in [5, 5.41) is 0. The Kier molecular flexibility index (Phi) is 4.45. The summed E-state index contributed by atoms with van der Waals surface area (Å²) in [5.41, 5.74) is 1.29. The predicted octanol–water partition coefficient (Wildman–Crippen LogP) is 2.01. The van der Waals surface area contributed by atoms with Crippen LogP contribution in [0.5, 0.6) is 0 Å². The predicted molar refractivity (Wildman–Crippen MR) is 87.4 cm³/mol. The normalized spacial score (nSPS) is 14.3. The van der Waals surface area contributed by atoms with Crippen molar-refractivity contribution in [3.63, 3.8) is 0 Å². The van der Waals surface area contributed by atoms with E-state index < -0.39 is 10.0 Å². The number of carbonyl (C=O) groups excluding carboxylic acids is 1. The van der Waals surface area contributed by atoms with E-state index in [-0.39, 0.29) is 17.3 Å². The Labute approximate surface area is 136 Å². The molecule has 0 radical (unpaired) electrons. The minimum Gasteiger partial charge on any atom is -0.339 e. The molecule has 3 rings (SSSR count). The summed E-state index contributed by atoms with van der Waals surface area (Å²) in [6.45, 7) is 1.69. The van der Waals surface area contributed by atoms with Crippen molar-refractivity contribution in [3.8, 4) is 0 Å². The maximum Gasteiger partial charge on any atom is 0.253 e. The minimum absolute atomic E-state index is 0.111. The maximum atomic E-state index is 12.4. The van der Waals surface area contributed by atoms with Gasteiger partial charge in [0.25, 0.3) is 5.91 Å². The summed E-state index contributed by atoms with van der Waals surface area (Å²) in [5.74, 6) is -0.114. The summed E-state index contributed by atoms with van der Waals surface area (Å²) in [6, 6.07) is 15.5. The fourth-order valence-corrected chi connectivity index (χ4v) is 3.42. The number of hydrogen-bond acceptors (Lipinski definition) is 3. The second-order valence-electron chi connectivity index (χ2n) is 5.48. The molecule has 0 aromatic heterocycles. The first-order chi connectivity index (χ1) is 11.1. The van der Waals surface area contributed by atoms with E-state index in [1.807, 2.05) is 30.3 Å². The van der Waals surface area contributed by atoms with Gasteiger partial charge >= 0.3 is 0 Å². The highest BCUT2D eigenvalue weighted by Crippen LogP contribution is 2.16. The lowest BCUT2D eigenvalue weighted by Crippen LogP contribution is -2.42. The summed E-state index contributed by atoms with van der Waals surface area (Å²) >= 11 is 0. The van der Waals surface area contributed by atoms with Crippen molar-refractivity contribution in [2.24, 2.45) is 0 Å². The number of rotatable bonds is 5. The third kappa shape index (κ3) is 3.60. The highest BCUT2D eigenvalue weighted by atomic mass is 32.2. The molecule has 2 aromatic rings. The van der Waals surface area contributed by atoms with Gasteiger partial charge in [-0.1, -0.05) is 36.4 Å². The molecule has 0 unspecified atom stereocenters. The van der Waals surface area contributed by atoms with E-state index >= 15 is 0 Å². The molecule has 0 aliphatic carbocycles. The summed E-state index contributed by atoms with van der Waals surface area (Å²) in [4.78, 5) is 14.0. The van der Waals surface area contributed by atoms with E-state index in [2.05, 4.69) is 4.72 Å². The lowest BCUT2D eigenvalue weighted by molar-refractivity contribution is 0.0651. The Morgan fingerprint density at radius 1 is 1.04 bits per heavy atom. The average Bonchev–Trinajstić information content (AvgIpc) is 2.52. The summed E-state index contributed by atoms with van der Waals surface area (Å²) in [6.07, 6.45) is 1.00. The molecule has 0 bridgehead atoms. The Balaban J connectivity index is 1.75. The second-order valence-corrected chi connectivity index (χ2v) is 7.25. The molecule has 1 amide bonds. The van der Waals surface area contributed by atoms with Gasteiger partial charge in [-0.15, -0.1) is 0 Å². The van der Waals surface area contributed by atoms with E-state index in [1.54, 1.807) is 17.0 Å². The van der Waals surface area contributed by atoms with Crippen LogP contribution in [0.4, 0.5) is 0 Å². The number of carbonyl (C=O) groups is 1. The summed E-state index contributed by atoms with van der Waals surface area (Å²) < 4.78 is 27.4. The topological polar surface area (TPSA) is 66.5 Å². The van der Waals surface area contributed by atoms with Crippen LogP contribution in [-0.2, 0) is 16.6 Å². The molecule has 1 heterocycles. The van der Waals surface area contributed by atoms with Crippen LogP contribution in [0.25, 0.3) is 0 Å². The molecule has 2 aromatic carbocycles. The largest absolute Gasteiger partial charge is 0.339 e. The Morgan fingerprint density at radius 2 is 1.78 bits per heavy atom. The standard InChI is InChI=1S/C17H18N2O3S/c20-17(19-10-5-11-19)15-8-4-9-16(12-15)23(21,22)18-13-14-6-2-1-3-7-14/h1-4,6-9,12,18H,5,10-11,13H2. The quantitative estimate of drug-likeness (QED) is 0.912. The van der Waals surface area contributed by atoms with Crippen LogP contribution >= 0.6 is 0 Å². The van der Waals surface area contributed by atoms with Gasteiger partial charge in [0.2, 0.25) is 10.0 Å². The van der Waals surface area contributed by atoms with Crippen molar-refractivity contribution >= 4 is 15.9 Å². The van der Waals surface area contributed by atoms with Crippen LogP contribution in [0.15, 0.2) is 59.5 Å². The number of likely N-dealkylation sites (tertiary alicyclic amines) is 1. The summed E-state index contributed by atoms with van der Waals surface area (Å²) in [7, 11) is -3.65. The Morgan fingerprint density at radius 3 is 2.43 bits per heavy atom. The van der Waals surface area contributed by atoms with Crippen LogP contribution in [0.3, 0.4) is 0 Å². The van der Waals surface area contributed by atoms with Crippen molar-refractivity contribution in [2.45, 2.75) is 17.9 Å². The highest BCUT2D eigenvalue weighted by molar-refractivity contribution is 7.89. The van der Waals surface area contributed by atoms with Crippen molar-refractivity contribution in [1.29, 1.82) is 0 Å². The minimum atomic E-state index is -3.65. The van der Waals surface area contributed by atoms with Gasteiger partial charge in [0.15, 0.2) is 0 Å². The number of hydrogen-bond donors (Lipinski definition) is 1. The van der Waals surface area contributed by atoms with Gasteiger partial charge in [-0.25, -0.2) is 13.1 Å². The molecule has 5 nitrogen and oxygen atoms in total. The number of sulfonamides is 1. The molecule has 1 aliphatic rings. The van der Waals surface area contributed by atoms with Gasteiger partial charge in [0.1, 0.15) is 0 Å². The number of nitrogens with one attached hydrogen (secondary N) is 1. The molecule has 0 atom stereocenters. The lowest BCUT2D eigenvalue weighted by Gasteiger charge is -2.31. The molecule has 1 aliphatic heterocycles. The molecule has 120 valence electrons. The molecule has 0 saturated carbocycles. The van der Waals surface area contributed by atoms with E-state index in [0.717, 1.165) is 25.1 Å². The van der Waals surface area contributed by atoms with Gasteiger partial charge in [-0.2, -0.15) is 0 Å². The molecule has 1 N–H and O–H groups in total. The lowest BCUT2D eigenvalue weighted by atomic mass is 10.1. The highest BCUT2D eigenvalue weighted by Gasteiger charge is 2.23.